The first-order valence-corrected chi connectivity index (χ1v) is 8.85. The van der Waals surface area contributed by atoms with Crippen LogP contribution in [0.1, 0.15) is 55.2 Å². The van der Waals surface area contributed by atoms with E-state index in [9.17, 15) is 0 Å². The van der Waals surface area contributed by atoms with Gasteiger partial charge in [0.05, 0.1) is 9.83 Å². The minimum absolute atomic E-state index is 0.294. The van der Waals surface area contributed by atoms with Gasteiger partial charge in [-0.15, -0.1) is 11.3 Å². The Labute approximate surface area is 134 Å². The third kappa shape index (κ3) is 3.72. The van der Waals surface area contributed by atoms with Crippen molar-refractivity contribution in [2.75, 3.05) is 6.54 Å². The number of thiophene rings is 1. The molecule has 0 aliphatic carbocycles. The minimum atomic E-state index is 0.294. The maximum absolute atomic E-state index is 3.58. The molecule has 2 atom stereocenters. The van der Waals surface area contributed by atoms with Crippen molar-refractivity contribution in [2.45, 2.75) is 39.2 Å². The average Bonchev–Trinajstić information content (AvgIpc) is 2.90. The van der Waals surface area contributed by atoms with Crippen molar-refractivity contribution in [1.29, 1.82) is 0 Å². The molecule has 0 radical (unpaired) electrons. The molecule has 20 heavy (non-hydrogen) atoms. The van der Waals surface area contributed by atoms with Crippen molar-refractivity contribution in [3.8, 4) is 0 Å². The van der Waals surface area contributed by atoms with Crippen LogP contribution in [0.25, 0.3) is 0 Å². The van der Waals surface area contributed by atoms with Gasteiger partial charge in [0, 0.05) is 4.88 Å². The number of nitrogens with one attached hydrogen (secondary N) is 1. The van der Waals surface area contributed by atoms with Gasteiger partial charge in [0.1, 0.15) is 0 Å². The van der Waals surface area contributed by atoms with Crippen molar-refractivity contribution in [3.63, 3.8) is 0 Å². The minimum Gasteiger partial charge on any atom is -0.306 e. The Morgan fingerprint density at radius 2 is 1.70 bits per heavy atom. The molecule has 3 heteroatoms. The Bertz CT molecular complexity index is 532. The van der Waals surface area contributed by atoms with Crippen LogP contribution in [0, 0.1) is 0 Å². The second-order valence-electron chi connectivity index (χ2n) is 5.11. The maximum atomic E-state index is 3.58. The second-order valence-corrected chi connectivity index (χ2v) is 7.60. The van der Waals surface area contributed by atoms with E-state index >= 15 is 0 Å². The van der Waals surface area contributed by atoms with Crippen molar-refractivity contribution in [1.82, 2.24) is 5.32 Å². The number of halogens is 1. The van der Waals surface area contributed by atoms with Crippen LogP contribution in [0.15, 0.2) is 40.2 Å². The molecule has 2 unspecified atom stereocenters. The van der Waals surface area contributed by atoms with Crippen LogP contribution in [0.4, 0.5) is 0 Å². The van der Waals surface area contributed by atoms with Crippen LogP contribution in [-0.2, 0) is 0 Å². The Kier molecular flexibility index (Phi) is 5.82. The lowest BCUT2D eigenvalue weighted by atomic mass is 9.95. The Balaban J connectivity index is 2.25. The molecule has 0 amide bonds. The third-order valence-electron chi connectivity index (χ3n) is 3.74. The number of benzene rings is 1. The highest BCUT2D eigenvalue weighted by atomic mass is 79.9. The summed E-state index contributed by atoms with van der Waals surface area (Å²) in [4.78, 5) is 1.36. The van der Waals surface area contributed by atoms with Gasteiger partial charge in [0.25, 0.3) is 0 Å². The summed E-state index contributed by atoms with van der Waals surface area (Å²) in [6.07, 6.45) is 1.19. The van der Waals surface area contributed by atoms with Gasteiger partial charge in [-0.05, 0) is 58.1 Å². The van der Waals surface area contributed by atoms with Gasteiger partial charge in [0.2, 0.25) is 0 Å². The highest BCUT2D eigenvalue weighted by Crippen LogP contribution is 2.32. The third-order valence-corrected chi connectivity index (χ3v) is 5.43. The first-order chi connectivity index (χ1) is 9.65. The normalized spacial score (nSPS) is 14.2. The lowest BCUT2D eigenvalue weighted by Crippen LogP contribution is -2.21. The summed E-state index contributed by atoms with van der Waals surface area (Å²) in [5, 5.41) is 3.58. The standard InChI is InChI=1S/C17H22BrNS/c1-4-12(3)13-6-8-14(9-7-13)17(19-5-2)15-10-11-16(18)20-15/h6-12,17,19H,4-5H2,1-3H3. The zero-order valence-corrected chi connectivity index (χ0v) is 14.7. The SMILES string of the molecule is CCNC(c1ccc(C(C)CC)cc1)c1ccc(Br)s1. The summed E-state index contributed by atoms with van der Waals surface area (Å²) in [5.41, 5.74) is 2.77. The van der Waals surface area contributed by atoms with E-state index in [1.54, 1.807) is 11.3 Å². The predicted octanol–water partition coefficient (Wildman–Crippen LogP) is 5.72. The summed E-state index contributed by atoms with van der Waals surface area (Å²) in [6.45, 7) is 7.65. The Morgan fingerprint density at radius 1 is 1.05 bits per heavy atom. The van der Waals surface area contributed by atoms with E-state index in [1.807, 2.05) is 0 Å². The molecule has 0 saturated heterocycles. The van der Waals surface area contributed by atoms with Crippen molar-refractivity contribution >= 4 is 27.3 Å². The van der Waals surface area contributed by atoms with Gasteiger partial charge in [-0.2, -0.15) is 0 Å². The molecule has 0 aliphatic rings. The summed E-state index contributed by atoms with van der Waals surface area (Å²) in [6, 6.07) is 13.7. The number of rotatable bonds is 6. The highest BCUT2D eigenvalue weighted by Gasteiger charge is 2.15. The van der Waals surface area contributed by atoms with Gasteiger partial charge in [-0.3, -0.25) is 0 Å². The summed E-state index contributed by atoms with van der Waals surface area (Å²) in [5.74, 6) is 0.637. The van der Waals surface area contributed by atoms with Gasteiger partial charge in [0.15, 0.2) is 0 Å². The molecule has 2 aromatic rings. The van der Waals surface area contributed by atoms with Crippen LogP contribution in [0.2, 0.25) is 0 Å². The molecular formula is C17H22BrNS. The van der Waals surface area contributed by atoms with Crippen molar-refractivity contribution < 1.29 is 0 Å². The molecule has 1 nitrogen and oxygen atoms in total. The first kappa shape index (κ1) is 15.7. The maximum Gasteiger partial charge on any atom is 0.0702 e. The van der Waals surface area contributed by atoms with E-state index < -0.39 is 0 Å². The largest absolute Gasteiger partial charge is 0.306 e. The Hall–Kier alpha value is -0.640. The molecule has 0 fully saturated rings. The molecule has 0 saturated carbocycles. The lowest BCUT2D eigenvalue weighted by Gasteiger charge is -2.18. The van der Waals surface area contributed by atoms with E-state index in [1.165, 1.54) is 26.2 Å². The smallest absolute Gasteiger partial charge is 0.0702 e. The van der Waals surface area contributed by atoms with Crippen LogP contribution in [0.3, 0.4) is 0 Å². The summed E-state index contributed by atoms with van der Waals surface area (Å²) < 4.78 is 1.19. The fraction of sp³-hybridized carbons (Fsp3) is 0.412. The molecule has 1 aromatic heterocycles. The first-order valence-electron chi connectivity index (χ1n) is 7.24. The molecule has 0 bridgehead atoms. The lowest BCUT2D eigenvalue weighted by molar-refractivity contribution is 0.638. The molecule has 1 aromatic carbocycles. The average molecular weight is 352 g/mol. The van der Waals surface area contributed by atoms with E-state index in [0.717, 1.165) is 6.54 Å². The molecule has 1 N–H and O–H groups in total. The summed E-state index contributed by atoms with van der Waals surface area (Å²) in [7, 11) is 0. The predicted molar refractivity (Wildman–Crippen MR) is 92.7 cm³/mol. The van der Waals surface area contributed by atoms with Gasteiger partial charge < -0.3 is 5.32 Å². The number of hydrogen-bond acceptors (Lipinski definition) is 2. The fourth-order valence-electron chi connectivity index (χ4n) is 2.32. The fourth-order valence-corrected chi connectivity index (χ4v) is 3.85. The Morgan fingerprint density at radius 3 is 2.20 bits per heavy atom. The van der Waals surface area contributed by atoms with Gasteiger partial charge in [-0.25, -0.2) is 0 Å². The van der Waals surface area contributed by atoms with Crippen molar-refractivity contribution in [3.05, 3.63) is 56.2 Å². The molecule has 1 heterocycles. The van der Waals surface area contributed by atoms with E-state index in [-0.39, 0.29) is 0 Å². The summed E-state index contributed by atoms with van der Waals surface area (Å²) >= 11 is 5.35. The van der Waals surface area contributed by atoms with Crippen LogP contribution >= 0.6 is 27.3 Å². The van der Waals surface area contributed by atoms with Gasteiger partial charge in [-0.1, -0.05) is 45.0 Å². The topological polar surface area (TPSA) is 12.0 Å². The molecular weight excluding hydrogens is 330 g/mol. The van der Waals surface area contributed by atoms with Crippen molar-refractivity contribution in [2.24, 2.45) is 0 Å². The second kappa shape index (κ2) is 7.39. The van der Waals surface area contributed by atoms with E-state index in [0.29, 0.717) is 12.0 Å². The zero-order chi connectivity index (χ0) is 14.5. The van der Waals surface area contributed by atoms with Crippen LogP contribution in [-0.4, -0.2) is 6.54 Å². The molecule has 2 rings (SSSR count). The van der Waals surface area contributed by atoms with Gasteiger partial charge >= 0.3 is 0 Å². The van der Waals surface area contributed by atoms with E-state index in [2.05, 4.69) is 78.4 Å². The zero-order valence-electron chi connectivity index (χ0n) is 12.3. The van der Waals surface area contributed by atoms with Crippen LogP contribution < -0.4 is 5.32 Å². The molecule has 0 spiro atoms. The monoisotopic (exact) mass is 351 g/mol. The van der Waals surface area contributed by atoms with E-state index in [4.69, 9.17) is 0 Å². The molecule has 108 valence electrons. The molecule has 0 aliphatic heterocycles. The highest BCUT2D eigenvalue weighted by molar-refractivity contribution is 9.11. The quantitative estimate of drug-likeness (QED) is 0.701. The van der Waals surface area contributed by atoms with Crippen LogP contribution in [0.5, 0.6) is 0 Å². The number of hydrogen-bond donors (Lipinski definition) is 1.